The fourth-order valence-electron chi connectivity index (χ4n) is 4.23. The van der Waals surface area contributed by atoms with Gasteiger partial charge < -0.3 is 4.90 Å². The minimum atomic E-state index is -0.256. The minimum Gasteiger partial charge on any atom is -0.352 e. The normalized spacial score (nSPS) is 15.7. The van der Waals surface area contributed by atoms with Crippen molar-refractivity contribution in [2.24, 2.45) is 0 Å². The van der Waals surface area contributed by atoms with Crippen molar-refractivity contribution in [1.82, 2.24) is 25.1 Å². The summed E-state index contributed by atoms with van der Waals surface area (Å²) in [7, 11) is 0. The lowest BCUT2D eigenvalue weighted by atomic mass is 9.99. The van der Waals surface area contributed by atoms with Gasteiger partial charge in [-0.1, -0.05) is 30.3 Å². The summed E-state index contributed by atoms with van der Waals surface area (Å²) < 4.78 is 13.4. The Kier molecular flexibility index (Phi) is 5.41. The number of anilines is 1. The second kappa shape index (κ2) is 8.65. The Morgan fingerprint density at radius 1 is 0.839 bits per heavy atom. The van der Waals surface area contributed by atoms with E-state index in [-0.39, 0.29) is 11.9 Å². The van der Waals surface area contributed by atoms with Crippen molar-refractivity contribution < 1.29 is 4.39 Å². The predicted octanol–water partition coefficient (Wildman–Crippen LogP) is 3.92. The van der Waals surface area contributed by atoms with E-state index < -0.39 is 0 Å². The largest absolute Gasteiger partial charge is 0.352 e. The van der Waals surface area contributed by atoms with E-state index in [0.717, 1.165) is 48.8 Å². The Labute approximate surface area is 180 Å². The van der Waals surface area contributed by atoms with Gasteiger partial charge in [0.1, 0.15) is 11.5 Å². The molecule has 5 rings (SSSR count). The Morgan fingerprint density at radius 3 is 2.29 bits per heavy atom. The number of aromatic amines is 1. The van der Waals surface area contributed by atoms with Crippen LogP contribution in [0.25, 0.3) is 11.3 Å². The second-order valence-electron chi connectivity index (χ2n) is 7.60. The molecule has 0 saturated carbocycles. The highest BCUT2D eigenvalue weighted by Gasteiger charge is 2.28. The van der Waals surface area contributed by atoms with Crippen LogP contribution in [0.3, 0.4) is 0 Å². The van der Waals surface area contributed by atoms with E-state index >= 15 is 0 Å². The molecule has 31 heavy (non-hydrogen) atoms. The number of piperazine rings is 1. The topological polar surface area (TPSA) is 60.9 Å². The zero-order chi connectivity index (χ0) is 21.0. The van der Waals surface area contributed by atoms with Gasteiger partial charge in [-0.2, -0.15) is 5.10 Å². The molecule has 1 fully saturated rings. The lowest BCUT2D eigenvalue weighted by Crippen LogP contribution is -2.48. The number of H-pyrrole nitrogens is 1. The molecule has 1 saturated heterocycles. The Balaban J connectivity index is 1.38. The van der Waals surface area contributed by atoms with E-state index in [1.54, 1.807) is 24.5 Å². The lowest BCUT2D eigenvalue weighted by molar-refractivity contribution is 0.212. The average Bonchev–Trinajstić information content (AvgIpc) is 3.35. The molecule has 0 radical (unpaired) electrons. The zero-order valence-corrected chi connectivity index (χ0v) is 17.0. The maximum atomic E-state index is 13.4. The zero-order valence-electron chi connectivity index (χ0n) is 17.0. The molecule has 6 nitrogen and oxygen atoms in total. The predicted molar refractivity (Wildman–Crippen MR) is 118 cm³/mol. The summed E-state index contributed by atoms with van der Waals surface area (Å²) in [4.78, 5) is 13.9. The number of hydrogen-bond acceptors (Lipinski definition) is 5. The van der Waals surface area contributed by atoms with Gasteiger partial charge in [-0.15, -0.1) is 0 Å². The van der Waals surface area contributed by atoms with E-state index in [1.807, 2.05) is 18.5 Å². The van der Waals surface area contributed by atoms with Crippen LogP contribution in [-0.2, 0) is 0 Å². The molecule has 0 aliphatic carbocycles. The molecule has 3 heterocycles. The van der Waals surface area contributed by atoms with Crippen molar-refractivity contribution in [2.45, 2.75) is 6.04 Å². The molecular weight excluding hydrogens is 391 g/mol. The van der Waals surface area contributed by atoms with E-state index in [4.69, 9.17) is 0 Å². The molecule has 7 heteroatoms. The molecule has 1 atom stereocenters. The van der Waals surface area contributed by atoms with Crippen LogP contribution >= 0.6 is 0 Å². The van der Waals surface area contributed by atoms with Gasteiger partial charge in [0.15, 0.2) is 5.82 Å². The van der Waals surface area contributed by atoms with Crippen LogP contribution in [0.2, 0.25) is 0 Å². The number of benzene rings is 2. The summed E-state index contributed by atoms with van der Waals surface area (Å²) in [6.45, 7) is 3.41. The van der Waals surface area contributed by atoms with Gasteiger partial charge in [0.25, 0.3) is 0 Å². The monoisotopic (exact) mass is 414 g/mol. The number of hydrogen-bond donors (Lipinski definition) is 1. The smallest absolute Gasteiger partial charge is 0.155 e. The van der Waals surface area contributed by atoms with Crippen LogP contribution in [0, 0.1) is 5.82 Å². The second-order valence-corrected chi connectivity index (χ2v) is 7.60. The van der Waals surface area contributed by atoms with Crippen LogP contribution in [-0.4, -0.2) is 51.2 Å². The standard InChI is InChI=1S/C24H23FN6/c25-21-8-6-18(7-9-21)22-24(27-11-10-26-22)31-14-12-30(13-15-31)23(20-16-28-29-17-20)19-4-2-1-3-5-19/h1-11,16-17,23H,12-15H2,(H,28,29). The van der Waals surface area contributed by atoms with Crippen molar-refractivity contribution in [2.75, 3.05) is 31.1 Å². The fourth-order valence-corrected chi connectivity index (χ4v) is 4.23. The Bertz CT molecular complexity index is 1110. The van der Waals surface area contributed by atoms with Gasteiger partial charge in [-0.05, 0) is 29.8 Å². The molecular formula is C24H23FN6. The van der Waals surface area contributed by atoms with Crippen LogP contribution in [0.4, 0.5) is 10.2 Å². The summed E-state index contributed by atoms with van der Waals surface area (Å²) in [5.74, 6) is 0.585. The Hall–Kier alpha value is -3.58. The molecule has 2 aromatic carbocycles. The third-order valence-corrected chi connectivity index (χ3v) is 5.73. The number of rotatable bonds is 5. The van der Waals surface area contributed by atoms with Crippen molar-refractivity contribution >= 4 is 5.82 Å². The first-order chi connectivity index (χ1) is 15.3. The van der Waals surface area contributed by atoms with Crippen molar-refractivity contribution in [1.29, 1.82) is 0 Å². The first-order valence-electron chi connectivity index (χ1n) is 10.4. The molecule has 0 amide bonds. The highest BCUT2D eigenvalue weighted by molar-refractivity contribution is 5.72. The summed E-state index contributed by atoms with van der Waals surface area (Å²) in [6, 6.07) is 17.1. The molecule has 156 valence electrons. The summed E-state index contributed by atoms with van der Waals surface area (Å²) in [6.07, 6.45) is 7.27. The highest BCUT2D eigenvalue weighted by Crippen LogP contribution is 2.31. The molecule has 1 N–H and O–H groups in total. The molecule has 0 spiro atoms. The molecule has 1 aliphatic rings. The van der Waals surface area contributed by atoms with E-state index in [1.165, 1.54) is 17.7 Å². The third kappa shape index (κ3) is 4.04. The Morgan fingerprint density at radius 2 is 1.58 bits per heavy atom. The van der Waals surface area contributed by atoms with Crippen molar-refractivity contribution in [3.05, 3.63) is 96.3 Å². The van der Waals surface area contributed by atoms with Crippen LogP contribution < -0.4 is 4.90 Å². The van der Waals surface area contributed by atoms with Gasteiger partial charge in [0, 0.05) is 55.9 Å². The quantitative estimate of drug-likeness (QED) is 0.536. The van der Waals surface area contributed by atoms with Gasteiger partial charge >= 0.3 is 0 Å². The lowest BCUT2D eigenvalue weighted by Gasteiger charge is -2.40. The van der Waals surface area contributed by atoms with Gasteiger partial charge in [-0.3, -0.25) is 15.0 Å². The summed E-state index contributed by atoms with van der Waals surface area (Å²) in [5, 5.41) is 7.12. The summed E-state index contributed by atoms with van der Waals surface area (Å²) >= 11 is 0. The van der Waals surface area contributed by atoms with E-state index in [9.17, 15) is 4.39 Å². The third-order valence-electron chi connectivity index (χ3n) is 5.73. The molecule has 0 bridgehead atoms. The van der Waals surface area contributed by atoms with Crippen LogP contribution in [0.15, 0.2) is 79.4 Å². The fraction of sp³-hybridized carbons (Fsp3) is 0.208. The number of halogens is 1. The summed E-state index contributed by atoms with van der Waals surface area (Å²) in [5.41, 5.74) is 4.06. The maximum Gasteiger partial charge on any atom is 0.155 e. The first kappa shape index (κ1) is 19.4. The van der Waals surface area contributed by atoms with Gasteiger partial charge in [0.2, 0.25) is 0 Å². The molecule has 2 aromatic heterocycles. The number of aromatic nitrogens is 4. The first-order valence-corrected chi connectivity index (χ1v) is 10.4. The van der Waals surface area contributed by atoms with Crippen molar-refractivity contribution in [3.63, 3.8) is 0 Å². The van der Waals surface area contributed by atoms with E-state index in [2.05, 4.69) is 54.2 Å². The maximum absolute atomic E-state index is 13.4. The van der Waals surface area contributed by atoms with Gasteiger partial charge in [-0.25, -0.2) is 9.37 Å². The van der Waals surface area contributed by atoms with Crippen LogP contribution in [0.1, 0.15) is 17.2 Å². The van der Waals surface area contributed by atoms with Crippen LogP contribution in [0.5, 0.6) is 0 Å². The highest BCUT2D eigenvalue weighted by atomic mass is 19.1. The molecule has 4 aromatic rings. The van der Waals surface area contributed by atoms with E-state index in [0.29, 0.717) is 0 Å². The SMILES string of the molecule is Fc1ccc(-c2nccnc2N2CCN(C(c3ccccc3)c3cn[nH]c3)CC2)cc1. The molecule has 1 unspecified atom stereocenters. The van der Waals surface area contributed by atoms with Crippen molar-refractivity contribution in [3.8, 4) is 11.3 Å². The number of nitrogens with zero attached hydrogens (tertiary/aromatic N) is 5. The number of nitrogens with one attached hydrogen (secondary N) is 1. The minimum absolute atomic E-state index is 0.153. The molecule has 1 aliphatic heterocycles. The van der Waals surface area contributed by atoms with Gasteiger partial charge in [0.05, 0.1) is 12.2 Å². The average molecular weight is 414 g/mol.